The molecule has 0 bridgehead atoms. The van der Waals surface area contributed by atoms with Crippen molar-refractivity contribution in [2.75, 3.05) is 19.6 Å². The van der Waals surface area contributed by atoms with Crippen LogP contribution in [0.4, 0.5) is 4.79 Å². The zero-order valence-electron chi connectivity index (χ0n) is 12.4. The van der Waals surface area contributed by atoms with Gasteiger partial charge < -0.3 is 20.6 Å². The largest absolute Gasteiger partial charge is 0.480 e. The van der Waals surface area contributed by atoms with Crippen LogP contribution < -0.4 is 10.6 Å². The van der Waals surface area contributed by atoms with Gasteiger partial charge >= 0.3 is 12.0 Å². The van der Waals surface area contributed by atoms with E-state index >= 15 is 0 Å². The van der Waals surface area contributed by atoms with E-state index in [9.17, 15) is 14.4 Å². The topological polar surface area (TPSA) is 98.7 Å². The van der Waals surface area contributed by atoms with Gasteiger partial charge in [0.15, 0.2) is 0 Å². The fraction of sp³-hybridized carbons (Fsp3) is 0.769. The Hall–Kier alpha value is -1.79. The number of unbranched alkanes of at least 4 members (excludes halogenated alkanes) is 1. The highest BCUT2D eigenvalue weighted by Crippen LogP contribution is 2.05. The third kappa shape index (κ3) is 7.60. The molecule has 0 aromatic heterocycles. The minimum Gasteiger partial charge on any atom is -0.480 e. The number of nitrogens with one attached hydrogen (secondary N) is 2. The Balaban J connectivity index is 4.24. The second kappa shape index (κ2) is 10.1. The molecule has 1 atom stereocenters. The van der Waals surface area contributed by atoms with E-state index in [1.807, 2.05) is 20.8 Å². The summed E-state index contributed by atoms with van der Waals surface area (Å²) in [6.45, 7) is 5.99. The second-order valence-corrected chi connectivity index (χ2v) is 4.63. The Kier molecular flexibility index (Phi) is 9.15. The second-order valence-electron chi connectivity index (χ2n) is 4.63. The first-order chi connectivity index (χ1) is 9.42. The van der Waals surface area contributed by atoms with Gasteiger partial charge in [-0.05, 0) is 19.8 Å². The van der Waals surface area contributed by atoms with E-state index in [-0.39, 0.29) is 18.6 Å². The van der Waals surface area contributed by atoms with E-state index in [0.29, 0.717) is 6.54 Å². The third-order valence-corrected chi connectivity index (χ3v) is 2.97. The summed E-state index contributed by atoms with van der Waals surface area (Å²) in [5.74, 6) is -1.63. The van der Waals surface area contributed by atoms with Crippen LogP contribution in [-0.4, -0.2) is 53.6 Å². The van der Waals surface area contributed by atoms with Crippen LogP contribution >= 0.6 is 0 Å². The molecule has 0 aliphatic heterocycles. The molecule has 3 amide bonds. The van der Waals surface area contributed by atoms with Gasteiger partial charge in [0.05, 0.1) is 6.54 Å². The first kappa shape index (κ1) is 18.2. The van der Waals surface area contributed by atoms with Gasteiger partial charge in [0.2, 0.25) is 5.91 Å². The van der Waals surface area contributed by atoms with Crippen molar-refractivity contribution in [2.24, 2.45) is 0 Å². The molecule has 7 heteroatoms. The quantitative estimate of drug-likeness (QED) is 0.584. The standard InChI is InChI=1S/C13H25N3O4/c1-4-6-7-16(10(3)5-2)13(20)15-8-11(17)14-9-12(18)19/h10H,4-9H2,1-3H3,(H,14,17)(H,15,20)(H,18,19). The molecule has 0 aromatic rings. The highest BCUT2D eigenvalue weighted by molar-refractivity contribution is 5.86. The third-order valence-electron chi connectivity index (χ3n) is 2.97. The number of nitrogens with zero attached hydrogens (tertiary/aromatic N) is 1. The lowest BCUT2D eigenvalue weighted by molar-refractivity contribution is -0.137. The molecule has 116 valence electrons. The normalized spacial score (nSPS) is 11.6. The molecule has 7 nitrogen and oxygen atoms in total. The number of hydrogen-bond acceptors (Lipinski definition) is 3. The Labute approximate surface area is 119 Å². The minimum absolute atomic E-state index is 0.101. The molecule has 3 N–H and O–H groups in total. The monoisotopic (exact) mass is 287 g/mol. The number of carboxylic acids is 1. The van der Waals surface area contributed by atoms with Crippen LogP contribution in [0.2, 0.25) is 0 Å². The SMILES string of the molecule is CCCCN(C(=O)NCC(=O)NCC(=O)O)C(C)CC. The van der Waals surface area contributed by atoms with Crippen molar-refractivity contribution >= 4 is 17.9 Å². The van der Waals surface area contributed by atoms with Crippen molar-refractivity contribution in [3.8, 4) is 0 Å². The summed E-state index contributed by atoms with van der Waals surface area (Å²) in [5.41, 5.74) is 0. The molecule has 20 heavy (non-hydrogen) atoms. The summed E-state index contributed by atoms with van der Waals surface area (Å²) in [6, 6.07) is -0.193. The predicted octanol–water partition coefficient (Wildman–Crippen LogP) is 0.797. The van der Waals surface area contributed by atoms with Gasteiger partial charge in [-0.1, -0.05) is 20.3 Å². The average molecular weight is 287 g/mol. The number of amides is 3. The van der Waals surface area contributed by atoms with Crippen LogP contribution in [0.3, 0.4) is 0 Å². The average Bonchev–Trinajstić information content (AvgIpc) is 2.42. The van der Waals surface area contributed by atoms with Gasteiger partial charge in [0, 0.05) is 12.6 Å². The molecular formula is C13H25N3O4. The fourth-order valence-electron chi connectivity index (χ4n) is 1.57. The molecule has 0 rings (SSSR count). The molecule has 0 fully saturated rings. The van der Waals surface area contributed by atoms with Crippen LogP contribution in [0.25, 0.3) is 0 Å². The molecule has 0 radical (unpaired) electrons. The molecule has 0 heterocycles. The zero-order chi connectivity index (χ0) is 15.5. The fourth-order valence-corrected chi connectivity index (χ4v) is 1.57. The number of hydrogen-bond donors (Lipinski definition) is 3. The minimum atomic E-state index is -1.12. The smallest absolute Gasteiger partial charge is 0.322 e. The molecule has 0 saturated carbocycles. The maximum absolute atomic E-state index is 12.0. The highest BCUT2D eigenvalue weighted by atomic mass is 16.4. The highest BCUT2D eigenvalue weighted by Gasteiger charge is 2.18. The predicted molar refractivity (Wildman–Crippen MR) is 75.4 cm³/mol. The Morgan fingerprint density at radius 3 is 2.30 bits per heavy atom. The number of carboxylic acid groups (broad SMARTS) is 1. The van der Waals surface area contributed by atoms with Gasteiger partial charge in [0.25, 0.3) is 0 Å². The molecule has 0 saturated heterocycles. The van der Waals surface area contributed by atoms with E-state index in [4.69, 9.17) is 5.11 Å². The summed E-state index contributed by atoms with van der Waals surface area (Å²) in [6.07, 6.45) is 2.73. The van der Waals surface area contributed by atoms with Crippen molar-refractivity contribution < 1.29 is 19.5 Å². The van der Waals surface area contributed by atoms with Gasteiger partial charge in [-0.3, -0.25) is 9.59 Å². The number of aliphatic carboxylic acids is 1. The molecule has 1 unspecified atom stereocenters. The number of carbonyl (C=O) groups excluding carboxylic acids is 2. The summed E-state index contributed by atoms with van der Waals surface area (Å²) >= 11 is 0. The maximum atomic E-state index is 12.0. The van der Waals surface area contributed by atoms with Gasteiger partial charge in [0.1, 0.15) is 6.54 Å². The zero-order valence-corrected chi connectivity index (χ0v) is 12.4. The van der Waals surface area contributed by atoms with E-state index in [0.717, 1.165) is 19.3 Å². The van der Waals surface area contributed by atoms with Crippen molar-refractivity contribution in [2.45, 2.75) is 46.1 Å². The molecule has 0 spiro atoms. The van der Waals surface area contributed by atoms with Gasteiger partial charge in [-0.15, -0.1) is 0 Å². The van der Waals surface area contributed by atoms with Crippen LogP contribution in [-0.2, 0) is 9.59 Å². The Bertz CT molecular complexity index is 334. The van der Waals surface area contributed by atoms with Crippen LogP contribution in [0.5, 0.6) is 0 Å². The molecule has 0 aromatic carbocycles. The Morgan fingerprint density at radius 1 is 1.15 bits per heavy atom. The number of rotatable bonds is 9. The summed E-state index contributed by atoms with van der Waals surface area (Å²) in [4.78, 5) is 35.3. The van der Waals surface area contributed by atoms with E-state index in [2.05, 4.69) is 10.6 Å². The van der Waals surface area contributed by atoms with E-state index in [1.165, 1.54) is 0 Å². The van der Waals surface area contributed by atoms with E-state index < -0.39 is 18.4 Å². The lowest BCUT2D eigenvalue weighted by Crippen LogP contribution is -2.48. The molecule has 0 aliphatic rings. The van der Waals surface area contributed by atoms with Crippen molar-refractivity contribution in [1.82, 2.24) is 15.5 Å². The lowest BCUT2D eigenvalue weighted by atomic mass is 10.2. The number of urea groups is 1. The maximum Gasteiger partial charge on any atom is 0.322 e. The Morgan fingerprint density at radius 2 is 1.80 bits per heavy atom. The van der Waals surface area contributed by atoms with Crippen molar-refractivity contribution in [3.63, 3.8) is 0 Å². The van der Waals surface area contributed by atoms with Gasteiger partial charge in [-0.2, -0.15) is 0 Å². The van der Waals surface area contributed by atoms with Crippen LogP contribution in [0.1, 0.15) is 40.0 Å². The summed E-state index contributed by atoms with van der Waals surface area (Å²) < 4.78 is 0. The van der Waals surface area contributed by atoms with Crippen molar-refractivity contribution in [1.29, 1.82) is 0 Å². The van der Waals surface area contributed by atoms with Crippen LogP contribution in [0, 0.1) is 0 Å². The van der Waals surface area contributed by atoms with Crippen molar-refractivity contribution in [3.05, 3.63) is 0 Å². The molecule has 0 aliphatic carbocycles. The number of carbonyl (C=O) groups is 3. The van der Waals surface area contributed by atoms with Gasteiger partial charge in [-0.25, -0.2) is 4.79 Å². The lowest BCUT2D eigenvalue weighted by Gasteiger charge is -2.28. The molecular weight excluding hydrogens is 262 g/mol. The summed E-state index contributed by atoms with van der Waals surface area (Å²) in [5, 5.41) is 13.1. The van der Waals surface area contributed by atoms with Crippen LogP contribution in [0.15, 0.2) is 0 Å². The summed E-state index contributed by atoms with van der Waals surface area (Å²) in [7, 11) is 0. The van der Waals surface area contributed by atoms with E-state index in [1.54, 1.807) is 4.90 Å². The first-order valence-electron chi connectivity index (χ1n) is 6.95. The first-order valence-corrected chi connectivity index (χ1v) is 6.95.